The van der Waals surface area contributed by atoms with Gasteiger partial charge < -0.3 is 10.4 Å². The number of carbonyl (C=O) groups excluding carboxylic acids is 1. The van der Waals surface area contributed by atoms with Crippen LogP contribution in [-0.2, 0) is 4.79 Å². The van der Waals surface area contributed by atoms with Crippen molar-refractivity contribution >= 4 is 5.91 Å². The lowest BCUT2D eigenvalue weighted by molar-refractivity contribution is -0.156. The second kappa shape index (κ2) is 4.97. The Hall–Kier alpha value is -0.570. The third-order valence-corrected chi connectivity index (χ3v) is 6.24. The van der Waals surface area contributed by atoms with E-state index in [1.165, 1.54) is 38.5 Å². The van der Waals surface area contributed by atoms with Crippen molar-refractivity contribution in [1.82, 2.24) is 5.32 Å². The fourth-order valence-corrected chi connectivity index (χ4v) is 6.64. The molecule has 0 radical (unpaired) electrons. The monoisotopic (exact) mass is 293 g/mol. The van der Waals surface area contributed by atoms with E-state index in [0.717, 1.165) is 5.92 Å². The van der Waals surface area contributed by atoms with Gasteiger partial charge >= 0.3 is 0 Å². The number of aliphatic hydroxyl groups excluding tert-OH is 1. The first-order chi connectivity index (χ1) is 9.76. The lowest BCUT2D eigenvalue weighted by Crippen LogP contribution is -2.56. The molecule has 3 nitrogen and oxygen atoms in total. The summed E-state index contributed by atoms with van der Waals surface area (Å²) in [4.78, 5) is 12.4. The molecule has 0 aromatic carbocycles. The Morgan fingerprint density at radius 2 is 1.81 bits per heavy atom. The third kappa shape index (κ3) is 2.99. The minimum absolute atomic E-state index is 0.142. The van der Waals surface area contributed by atoms with Gasteiger partial charge in [0.2, 0.25) is 5.91 Å². The highest BCUT2D eigenvalue weighted by Gasteiger charge is 2.60. The lowest BCUT2D eigenvalue weighted by Gasteiger charge is -2.65. The highest BCUT2D eigenvalue weighted by molar-refractivity contribution is 5.76. The van der Waals surface area contributed by atoms with Crippen LogP contribution in [0.1, 0.15) is 65.7 Å². The van der Waals surface area contributed by atoms with E-state index in [2.05, 4.69) is 19.2 Å². The van der Waals surface area contributed by atoms with Crippen LogP contribution in [0.25, 0.3) is 0 Å². The van der Waals surface area contributed by atoms with Crippen LogP contribution in [0.15, 0.2) is 0 Å². The summed E-state index contributed by atoms with van der Waals surface area (Å²) in [6.07, 6.45) is 8.58. The van der Waals surface area contributed by atoms with Crippen LogP contribution in [0.4, 0.5) is 0 Å². The van der Waals surface area contributed by atoms with Gasteiger partial charge in [-0.05, 0) is 66.6 Å². The van der Waals surface area contributed by atoms with Gasteiger partial charge in [-0.15, -0.1) is 0 Å². The molecule has 0 aromatic heterocycles. The third-order valence-electron chi connectivity index (χ3n) is 6.24. The Balaban J connectivity index is 1.66. The van der Waals surface area contributed by atoms with Crippen LogP contribution >= 0.6 is 0 Å². The van der Waals surface area contributed by atoms with Crippen LogP contribution in [0, 0.1) is 28.1 Å². The first-order valence-corrected chi connectivity index (χ1v) is 8.63. The Morgan fingerprint density at radius 1 is 1.19 bits per heavy atom. The molecule has 1 amide bonds. The van der Waals surface area contributed by atoms with Gasteiger partial charge in [-0.25, -0.2) is 0 Å². The molecule has 3 atom stereocenters. The molecule has 0 spiro atoms. The first-order valence-electron chi connectivity index (χ1n) is 8.63. The Kier molecular flexibility index (Phi) is 3.63. The van der Waals surface area contributed by atoms with Crippen molar-refractivity contribution in [3.8, 4) is 0 Å². The van der Waals surface area contributed by atoms with Gasteiger partial charge in [0.05, 0.1) is 0 Å². The van der Waals surface area contributed by atoms with E-state index in [1.54, 1.807) is 0 Å². The molecule has 4 aliphatic carbocycles. The molecule has 4 bridgehead atoms. The van der Waals surface area contributed by atoms with E-state index < -0.39 is 0 Å². The molecule has 120 valence electrons. The largest absolute Gasteiger partial charge is 0.396 e. The summed E-state index contributed by atoms with van der Waals surface area (Å²) in [6, 6.07) is 0. The molecule has 4 fully saturated rings. The van der Waals surface area contributed by atoms with Crippen LogP contribution in [0.2, 0.25) is 0 Å². The quantitative estimate of drug-likeness (QED) is 0.818. The molecule has 3 heteroatoms. The van der Waals surface area contributed by atoms with Crippen molar-refractivity contribution in [3.05, 3.63) is 0 Å². The molecular formula is C18H31NO2. The summed E-state index contributed by atoms with van der Waals surface area (Å²) < 4.78 is 0. The van der Waals surface area contributed by atoms with Crippen molar-refractivity contribution in [2.24, 2.45) is 28.1 Å². The first kappa shape index (κ1) is 15.3. The van der Waals surface area contributed by atoms with E-state index in [-0.39, 0.29) is 23.8 Å². The molecule has 0 saturated heterocycles. The summed E-state index contributed by atoms with van der Waals surface area (Å²) in [5.41, 5.74) is 1.22. The predicted molar refractivity (Wildman–Crippen MR) is 83.7 cm³/mol. The van der Waals surface area contributed by atoms with Crippen LogP contribution in [0.5, 0.6) is 0 Å². The maximum absolute atomic E-state index is 12.4. The average molecular weight is 293 g/mol. The van der Waals surface area contributed by atoms with Crippen molar-refractivity contribution in [1.29, 1.82) is 0 Å². The van der Waals surface area contributed by atoms with Crippen molar-refractivity contribution in [3.63, 3.8) is 0 Å². The maximum atomic E-state index is 12.4. The number of carbonyl (C=O) groups is 1. The van der Waals surface area contributed by atoms with E-state index in [0.29, 0.717) is 23.8 Å². The minimum atomic E-state index is 0.142. The second-order valence-electron chi connectivity index (χ2n) is 9.40. The van der Waals surface area contributed by atoms with Crippen LogP contribution in [-0.4, -0.2) is 24.2 Å². The van der Waals surface area contributed by atoms with Crippen molar-refractivity contribution in [2.75, 3.05) is 13.2 Å². The summed E-state index contributed by atoms with van der Waals surface area (Å²) in [5.74, 6) is 1.20. The van der Waals surface area contributed by atoms with Crippen molar-refractivity contribution in [2.45, 2.75) is 65.7 Å². The fourth-order valence-electron chi connectivity index (χ4n) is 6.64. The SMILES string of the molecule is CC(CO)CNC(=O)CC12CC3CC(C)(CC(C)(C3)C1)C2. The summed E-state index contributed by atoms with van der Waals surface area (Å²) in [6.45, 7) is 7.62. The zero-order valence-electron chi connectivity index (χ0n) is 13.9. The van der Waals surface area contributed by atoms with Gasteiger partial charge in [-0.3, -0.25) is 4.79 Å². The highest BCUT2D eigenvalue weighted by atomic mass is 16.3. The second-order valence-corrected chi connectivity index (χ2v) is 9.40. The van der Waals surface area contributed by atoms with Gasteiger partial charge in [0.15, 0.2) is 0 Å². The smallest absolute Gasteiger partial charge is 0.220 e. The van der Waals surface area contributed by atoms with Gasteiger partial charge in [-0.2, -0.15) is 0 Å². The molecule has 3 unspecified atom stereocenters. The Morgan fingerprint density at radius 3 is 2.33 bits per heavy atom. The van der Waals surface area contributed by atoms with Crippen molar-refractivity contribution < 1.29 is 9.90 Å². The highest BCUT2D eigenvalue weighted by Crippen LogP contribution is 2.70. The van der Waals surface area contributed by atoms with Gasteiger partial charge in [0.1, 0.15) is 0 Å². The Labute approximate surface area is 128 Å². The number of amides is 1. The number of nitrogens with one attached hydrogen (secondary N) is 1. The molecule has 0 aliphatic heterocycles. The van der Waals surface area contributed by atoms with Gasteiger partial charge in [-0.1, -0.05) is 20.8 Å². The van der Waals surface area contributed by atoms with E-state index >= 15 is 0 Å². The molecule has 4 saturated carbocycles. The number of aliphatic hydroxyl groups is 1. The zero-order chi connectivity index (χ0) is 15.3. The molecular weight excluding hydrogens is 262 g/mol. The van der Waals surface area contributed by atoms with Gasteiger partial charge in [0.25, 0.3) is 0 Å². The normalized spacial score (nSPS) is 45.6. The van der Waals surface area contributed by atoms with E-state index in [4.69, 9.17) is 5.11 Å². The molecule has 0 heterocycles. The lowest BCUT2D eigenvalue weighted by atomic mass is 9.40. The zero-order valence-corrected chi connectivity index (χ0v) is 13.9. The van der Waals surface area contributed by atoms with Crippen LogP contribution in [0.3, 0.4) is 0 Å². The summed E-state index contributed by atoms with van der Waals surface area (Å²) in [7, 11) is 0. The summed E-state index contributed by atoms with van der Waals surface area (Å²) in [5, 5.41) is 12.1. The van der Waals surface area contributed by atoms with E-state index in [1.807, 2.05) is 6.92 Å². The standard InChI is InChI=1S/C18H31NO2/c1-13(9-20)8-19-15(21)7-18-6-14-4-16(2,11-18)10-17(3,5-14)12-18/h13-14,20H,4-12H2,1-3H3,(H,19,21). The van der Waals surface area contributed by atoms with Crippen LogP contribution < -0.4 is 5.32 Å². The van der Waals surface area contributed by atoms with E-state index in [9.17, 15) is 4.79 Å². The molecule has 0 aromatic rings. The molecule has 21 heavy (non-hydrogen) atoms. The molecule has 4 rings (SSSR count). The molecule has 2 N–H and O–H groups in total. The van der Waals surface area contributed by atoms with Gasteiger partial charge in [0, 0.05) is 19.6 Å². The topological polar surface area (TPSA) is 49.3 Å². The maximum Gasteiger partial charge on any atom is 0.220 e. The average Bonchev–Trinajstić information content (AvgIpc) is 2.30. The molecule has 4 aliphatic rings. The number of rotatable bonds is 5. The number of hydrogen-bond acceptors (Lipinski definition) is 2. The number of hydrogen-bond donors (Lipinski definition) is 2. The fraction of sp³-hybridized carbons (Fsp3) is 0.944. The summed E-state index contributed by atoms with van der Waals surface area (Å²) >= 11 is 0. The predicted octanol–water partition coefficient (Wildman–Crippen LogP) is 3.12. The Bertz CT molecular complexity index is 415. The minimum Gasteiger partial charge on any atom is -0.396 e.